The third-order valence-corrected chi connectivity index (χ3v) is 4.65. The lowest BCUT2D eigenvalue weighted by Crippen LogP contribution is -2.27. The Hall–Kier alpha value is -1.85. The summed E-state index contributed by atoms with van der Waals surface area (Å²) in [5, 5.41) is 0. The minimum Gasteiger partial charge on any atom is -0.351 e. The molecule has 0 aliphatic carbocycles. The summed E-state index contributed by atoms with van der Waals surface area (Å²) in [5.41, 5.74) is 2.96. The van der Waals surface area contributed by atoms with Gasteiger partial charge in [0.05, 0.1) is 10.6 Å². The first-order valence-electron chi connectivity index (χ1n) is 6.52. The number of nitrogens with zero attached hydrogens (tertiary/aromatic N) is 2. The second-order valence-electron chi connectivity index (χ2n) is 4.90. The van der Waals surface area contributed by atoms with Crippen LogP contribution >= 0.6 is 24.0 Å². The van der Waals surface area contributed by atoms with Gasteiger partial charge in [-0.15, -0.1) is 0 Å². The van der Waals surface area contributed by atoms with Gasteiger partial charge in [0.2, 0.25) is 0 Å². The maximum atomic E-state index is 12.6. The molecule has 0 radical (unpaired) electrons. The van der Waals surface area contributed by atoms with Crippen LogP contribution in [0.25, 0.3) is 6.08 Å². The monoisotopic (exact) mass is 314 g/mol. The zero-order valence-corrected chi connectivity index (χ0v) is 13.4. The van der Waals surface area contributed by atoms with Crippen molar-refractivity contribution in [3.8, 4) is 0 Å². The molecule has 0 saturated carbocycles. The highest BCUT2D eigenvalue weighted by molar-refractivity contribution is 8.27. The van der Waals surface area contributed by atoms with Crippen LogP contribution in [0.1, 0.15) is 11.3 Å². The molecule has 1 saturated heterocycles. The van der Waals surface area contributed by atoms with E-state index in [-0.39, 0.29) is 5.91 Å². The molecule has 21 heavy (non-hydrogen) atoms. The number of hydrogen-bond donors (Lipinski definition) is 0. The first-order valence-corrected chi connectivity index (χ1v) is 7.75. The molecule has 0 spiro atoms. The van der Waals surface area contributed by atoms with Gasteiger partial charge in [-0.2, -0.15) is 0 Å². The molecule has 1 aliphatic rings. The van der Waals surface area contributed by atoms with Crippen molar-refractivity contribution in [2.75, 3.05) is 4.90 Å². The van der Waals surface area contributed by atoms with Gasteiger partial charge in [0.1, 0.15) is 0 Å². The normalized spacial score (nSPS) is 17.0. The Kier molecular flexibility index (Phi) is 3.69. The van der Waals surface area contributed by atoms with Crippen LogP contribution in [0.3, 0.4) is 0 Å². The molecule has 1 amide bonds. The summed E-state index contributed by atoms with van der Waals surface area (Å²) in [7, 11) is 1.95. The van der Waals surface area contributed by atoms with Crippen LogP contribution in [0.5, 0.6) is 0 Å². The van der Waals surface area contributed by atoms with E-state index in [1.807, 2.05) is 67.2 Å². The molecule has 106 valence electrons. The number of carbonyl (C=O) groups excluding carboxylic acids is 1. The van der Waals surface area contributed by atoms with Crippen LogP contribution in [-0.4, -0.2) is 14.8 Å². The Morgan fingerprint density at radius 3 is 2.52 bits per heavy atom. The zero-order chi connectivity index (χ0) is 15.0. The fourth-order valence-electron chi connectivity index (χ4n) is 2.14. The molecule has 3 rings (SSSR count). The van der Waals surface area contributed by atoms with Gasteiger partial charge in [-0.25, -0.2) is 0 Å². The van der Waals surface area contributed by atoms with E-state index in [0.717, 1.165) is 16.9 Å². The molecule has 0 unspecified atom stereocenters. The number of amides is 1. The highest BCUT2D eigenvalue weighted by Gasteiger charge is 2.33. The SMILES string of the molecule is Cc1ccc(N2C(=O)C(=Cc3cccn3C)SC2=S)cc1. The largest absolute Gasteiger partial charge is 0.351 e. The van der Waals surface area contributed by atoms with Gasteiger partial charge in [-0.1, -0.05) is 41.7 Å². The van der Waals surface area contributed by atoms with Crippen molar-refractivity contribution in [2.45, 2.75) is 6.92 Å². The summed E-state index contributed by atoms with van der Waals surface area (Å²) in [5.74, 6) is -0.0601. The number of hydrogen-bond acceptors (Lipinski definition) is 3. The smallest absolute Gasteiger partial charge is 0.270 e. The fraction of sp³-hybridized carbons (Fsp3) is 0.125. The summed E-state index contributed by atoms with van der Waals surface area (Å²) in [6, 6.07) is 11.7. The van der Waals surface area contributed by atoms with Crippen molar-refractivity contribution in [1.29, 1.82) is 0 Å². The van der Waals surface area contributed by atoms with Crippen molar-refractivity contribution in [2.24, 2.45) is 7.05 Å². The number of thioether (sulfide) groups is 1. The Morgan fingerprint density at radius 1 is 1.19 bits per heavy atom. The third-order valence-electron chi connectivity index (χ3n) is 3.35. The molecule has 5 heteroatoms. The van der Waals surface area contributed by atoms with E-state index in [1.54, 1.807) is 4.90 Å². The number of aromatic nitrogens is 1. The molecule has 2 aromatic rings. The van der Waals surface area contributed by atoms with Crippen LogP contribution in [0.2, 0.25) is 0 Å². The van der Waals surface area contributed by atoms with Gasteiger partial charge in [0.25, 0.3) is 5.91 Å². The van der Waals surface area contributed by atoms with E-state index in [0.29, 0.717) is 9.23 Å². The number of anilines is 1. The highest BCUT2D eigenvalue weighted by atomic mass is 32.2. The third kappa shape index (κ3) is 2.66. The van der Waals surface area contributed by atoms with E-state index in [9.17, 15) is 4.79 Å². The quantitative estimate of drug-likeness (QED) is 0.624. The van der Waals surface area contributed by atoms with Gasteiger partial charge < -0.3 is 4.57 Å². The lowest BCUT2D eigenvalue weighted by Gasteiger charge is -2.14. The number of rotatable bonds is 2. The van der Waals surface area contributed by atoms with Crippen LogP contribution in [-0.2, 0) is 11.8 Å². The van der Waals surface area contributed by atoms with E-state index in [2.05, 4.69) is 0 Å². The van der Waals surface area contributed by atoms with Crippen molar-refractivity contribution in [3.05, 3.63) is 58.8 Å². The van der Waals surface area contributed by atoms with Gasteiger partial charge in [-0.05, 0) is 37.3 Å². The van der Waals surface area contributed by atoms with Crippen molar-refractivity contribution >= 4 is 46.0 Å². The number of aryl methyl sites for hydroxylation is 2. The molecule has 3 nitrogen and oxygen atoms in total. The fourth-order valence-corrected chi connectivity index (χ4v) is 3.43. The second kappa shape index (κ2) is 5.50. The molecular formula is C16H14N2OS2. The summed E-state index contributed by atoms with van der Waals surface area (Å²) in [6.07, 6.45) is 3.83. The van der Waals surface area contributed by atoms with Crippen molar-refractivity contribution in [1.82, 2.24) is 4.57 Å². The molecule has 0 bridgehead atoms. The van der Waals surface area contributed by atoms with Crippen LogP contribution in [0.4, 0.5) is 5.69 Å². The minimum absolute atomic E-state index is 0.0601. The minimum atomic E-state index is -0.0601. The predicted octanol–water partition coefficient (Wildman–Crippen LogP) is 3.74. The molecule has 1 aliphatic heterocycles. The molecular weight excluding hydrogens is 300 g/mol. The van der Waals surface area contributed by atoms with Crippen LogP contribution in [0.15, 0.2) is 47.5 Å². The standard InChI is InChI=1S/C16H14N2OS2/c1-11-5-7-12(8-6-11)18-15(19)14(21-16(18)20)10-13-4-3-9-17(13)2/h3-10H,1-2H3. The van der Waals surface area contributed by atoms with Crippen molar-refractivity contribution in [3.63, 3.8) is 0 Å². The van der Waals surface area contributed by atoms with Crippen molar-refractivity contribution < 1.29 is 4.79 Å². The van der Waals surface area contributed by atoms with Gasteiger partial charge in [0.15, 0.2) is 4.32 Å². The summed E-state index contributed by atoms with van der Waals surface area (Å²) in [4.78, 5) is 14.8. The van der Waals surface area contributed by atoms with Crippen LogP contribution in [0, 0.1) is 6.92 Å². The van der Waals surface area contributed by atoms with E-state index < -0.39 is 0 Å². The molecule has 2 heterocycles. The maximum Gasteiger partial charge on any atom is 0.270 e. The van der Waals surface area contributed by atoms with Gasteiger partial charge in [0, 0.05) is 18.9 Å². The number of benzene rings is 1. The number of carbonyl (C=O) groups is 1. The van der Waals surface area contributed by atoms with E-state index in [1.165, 1.54) is 11.8 Å². The van der Waals surface area contributed by atoms with Crippen LogP contribution < -0.4 is 4.90 Å². The molecule has 0 atom stereocenters. The summed E-state index contributed by atoms with van der Waals surface area (Å²) >= 11 is 6.70. The summed E-state index contributed by atoms with van der Waals surface area (Å²) < 4.78 is 2.54. The topological polar surface area (TPSA) is 25.2 Å². The highest BCUT2D eigenvalue weighted by Crippen LogP contribution is 2.35. The lowest BCUT2D eigenvalue weighted by molar-refractivity contribution is -0.113. The first-order chi connectivity index (χ1) is 10.1. The molecule has 1 aromatic heterocycles. The predicted molar refractivity (Wildman–Crippen MR) is 92.2 cm³/mol. The first kappa shape index (κ1) is 14.1. The number of thiocarbonyl (C=S) groups is 1. The van der Waals surface area contributed by atoms with Gasteiger partial charge in [-0.3, -0.25) is 9.69 Å². The molecule has 0 N–H and O–H groups in total. The Morgan fingerprint density at radius 2 is 1.90 bits per heavy atom. The Bertz CT molecular complexity index is 744. The second-order valence-corrected chi connectivity index (χ2v) is 6.57. The van der Waals surface area contributed by atoms with E-state index in [4.69, 9.17) is 12.2 Å². The zero-order valence-electron chi connectivity index (χ0n) is 11.7. The molecule has 1 aromatic carbocycles. The van der Waals surface area contributed by atoms with Gasteiger partial charge >= 0.3 is 0 Å². The summed E-state index contributed by atoms with van der Waals surface area (Å²) in [6.45, 7) is 2.02. The maximum absolute atomic E-state index is 12.6. The lowest BCUT2D eigenvalue weighted by atomic mass is 10.2. The average Bonchev–Trinajstić information content (AvgIpc) is 2.97. The van der Waals surface area contributed by atoms with E-state index >= 15 is 0 Å². The Labute approximate surface area is 133 Å². The Balaban J connectivity index is 1.94. The molecule has 1 fully saturated rings. The average molecular weight is 314 g/mol.